The molecule has 0 fully saturated rings. The normalized spacial score (nSPS) is 13.4. The first-order chi connectivity index (χ1) is 38.4. The van der Waals surface area contributed by atoms with E-state index in [4.69, 9.17) is 0 Å². The molecular weight excluding hydrogens is 968 g/mol. The maximum Gasteiger partial charge on any atom is 0.252 e. The van der Waals surface area contributed by atoms with Gasteiger partial charge in [-0.25, -0.2) is 0 Å². The summed E-state index contributed by atoms with van der Waals surface area (Å²) in [6.45, 7) is 30.4. The lowest BCUT2D eigenvalue weighted by molar-refractivity contribution is 0.506. The van der Waals surface area contributed by atoms with Gasteiger partial charge in [0.2, 0.25) is 0 Å². The number of para-hydroxylation sites is 2. The van der Waals surface area contributed by atoms with Gasteiger partial charge in [-0.1, -0.05) is 180 Å². The monoisotopic (exact) mass is 1050 g/mol. The molecule has 2 aliphatic rings. The molecule has 1 aromatic heterocycles. The molecule has 0 aliphatic carbocycles. The molecule has 0 saturated carbocycles. The highest BCUT2D eigenvalue weighted by molar-refractivity contribution is 7.00. The van der Waals surface area contributed by atoms with Crippen LogP contribution in [0.4, 0.5) is 51.2 Å². The third-order valence-electron chi connectivity index (χ3n) is 19.4. The molecule has 0 saturated heterocycles. The Morgan fingerprint density at radius 1 is 0.362 bits per heavy atom. The zero-order chi connectivity index (χ0) is 56.0. The summed E-state index contributed by atoms with van der Waals surface area (Å²) in [4.78, 5) is 7.68. The quantitative estimate of drug-likeness (QED) is 0.101. The van der Waals surface area contributed by atoms with E-state index in [-0.39, 0.29) is 28.4 Å². The fraction of sp³-hybridized carbons (Fsp3) is 0.280. The molecule has 0 radical (unpaired) electrons. The van der Waals surface area contributed by atoms with Crippen molar-refractivity contribution in [1.29, 1.82) is 0 Å². The maximum absolute atomic E-state index is 2.59. The van der Waals surface area contributed by atoms with Crippen molar-refractivity contribution in [2.45, 2.75) is 137 Å². The average molecular weight is 1050 g/mol. The number of benzene rings is 9. The highest BCUT2D eigenvalue weighted by Gasteiger charge is 2.44. The molecule has 2 aliphatic heterocycles. The molecule has 80 heavy (non-hydrogen) atoms. The Hall–Kier alpha value is -7.76. The number of aryl methyl sites for hydroxylation is 1. The van der Waals surface area contributed by atoms with Gasteiger partial charge in [0, 0.05) is 67.6 Å². The highest BCUT2D eigenvalue weighted by atomic mass is 15.2. The molecule has 4 nitrogen and oxygen atoms in total. The van der Waals surface area contributed by atoms with Crippen LogP contribution >= 0.6 is 0 Å². The summed E-state index contributed by atoms with van der Waals surface area (Å²) >= 11 is 0. The van der Waals surface area contributed by atoms with E-state index in [1.807, 2.05) is 0 Å². The van der Waals surface area contributed by atoms with E-state index in [0.717, 1.165) is 54.1 Å². The Morgan fingerprint density at radius 3 is 1.34 bits per heavy atom. The number of hydrogen-bond donors (Lipinski definition) is 0. The standard InChI is InChI=1S/C75H79BN4/c1-14-72(6,7)51-27-34-56(35-28-51)77(59-40-42-62-61-25-21-22-26-65(61)78(66(62)48-59)55-23-19-18-20-24-55)60-41-44-64-68(49-60)80(58-38-31-53(32-39-58)74(10,11)16-3)70-46-50(5)45-69-71(70)76(64)63-43-33-54(75(12,13)17-4)47-67(63)79(69)57-36-29-52(30-37-57)73(8,9)15-2/h18-49H,14-17H2,1-13H3. The summed E-state index contributed by atoms with van der Waals surface area (Å²) in [7, 11) is 0. The van der Waals surface area contributed by atoms with Crippen LogP contribution in [-0.4, -0.2) is 11.3 Å². The minimum absolute atomic E-state index is 0.00511. The van der Waals surface area contributed by atoms with E-state index in [9.17, 15) is 0 Å². The molecule has 5 heteroatoms. The van der Waals surface area contributed by atoms with Crippen LogP contribution < -0.4 is 31.1 Å². The lowest BCUT2D eigenvalue weighted by atomic mass is 9.33. The van der Waals surface area contributed by atoms with Gasteiger partial charge >= 0.3 is 0 Å². The van der Waals surface area contributed by atoms with E-state index in [1.54, 1.807) is 0 Å². The van der Waals surface area contributed by atoms with Crippen LogP contribution in [0.3, 0.4) is 0 Å². The summed E-state index contributed by atoms with van der Waals surface area (Å²) in [5, 5.41) is 2.48. The molecule has 0 amide bonds. The number of aromatic nitrogens is 1. The second kappa shape index (κ2) is 19.8. The Bertz CT molecular complexity index is 3950. The van der Waals surface area contributed by atoms with Gasteiger partial charge in [-0.3, -0.25) is 0 Å². The van der Waals surface area contributed by atoms with Gasteiger partial charge in [0.25, 0.3) is 6.71 Å². The van der Waals surface area contributed by atoms with E-state index in [1.165, 1.54) is 94.4 Å². The Labute approximate surface area is 477 Å². The van der Waals surface area contributed by atoms with Gasteiger partial charge in [0.05, 0.1) is 11.0 Å². The second-order valence-electron chi connectivity index (χ2n) is 25.7. The van der Waals surface area contributed by atoms with Crippen molar-refractivity contribution in [3.8, 4) is 5.69 Å². The molecule has 402 valence electrons. The largest absolute Gasteiger partial charge is 0.311 e. The molecule has 0 unspecified atom stereocenters. The van der Waals surface area contributed by atoms with Gasteiger partial charge < -0.3 is 19.3 Å². The topological polar surface area (TPSA) is 14.7 Å². The Balaban J connectivity index is 1.12. The molecular formula is C75H79BN4. The summed E-state index contributed by atoms with van der Waals surface area (Å²) in [5.74, 6) is 0. The Morgan fingerprint density at radius 2 is 0.787 bits per heavy atom. The first-order valence-electron chi connectivity index (χ1n) is 29.6. The highest BCUT2D eigenvalue weighted by Crippen LogP contribution is 2.49. The molecule has 0 atom stereocenters. The summed E-state index contributed by atoms with van der Waals surface area (Å²) in [6.07, 6.45) is 4.23. The van der Waals surface area contributed by atoms with Crippen LogP contribution in [0.5, 0.6) is 0 Å². The van der Waals surface area contributed by atoms with Crippen molar-refractivity contribution in [1.82, 2.24) is 4.57 Å². The first-order valence-corrected chi connectivity index (χ1v) is 29.6. The maximum atomic E-state index is 2.59. The molecule has 9 aromatic carbocycles. The minimum atomic E-state index is -0.0236. The summed E-state index contributed by atoms with van der Waals surface area (Å²) in [6, 6.07) is 74.9. The molecule has 0 N–H and O–H groups in total. The van der Waals surface area contributed by atoms with Crippen molar-refractivity contribution in [3.63, 3.8) is 0 Å². The zero-order valence-corrected chi connectivity index (χ0v) is 49.7. The number of nitrogens with zero attached hydrogens (tertiary/aromatic N) is 4. The van der Waals surface area contributed by atoms with Crippen molar-refractivity contribution >= 4 is 96.1 Å². The molecule has 3 heterocycles. The predicted octanol–water partition coefficient (Wildman–Crippen LogP) is 19.4. The fourth-order valence-electron chi connectivity index (χ4n) is 12.6. The number of rotatable bonds is 14. The third-order valence-corrected chi connectivity index (χ3v) is 19.4. The van der Waals surface area contributed by atoms with Gasteiger partial charge in [0.1, 0.15) is 0 Å². The summed E-state index contributed by atoms with van der Waals surface area (Å²) < 4.78 is 2.44. The van der Waals surface area contributed by atoms with Gasteiger partial charge in [0.15, 0.2) is 0 Å². The minimum Gasteiger partial charge on any atom is -0.311 e. The number of hydrogen-bond acceptors (Lipinski definition) is 3. The number of fused-ring (bicyclic) bond motifs is 7. The van der Waals surface area contributed by atoms with Crippen LogP contribution in [-0.2, 0) is 21.7 Å². The van der Waals surface area contributed by atoms with Crippen molar-refractivity contribution in [2.75, 3.05) is 14.7 Å². The first kappa shape index (κ1) is 52.9. The van der Waals surface area contributed by atoms with Gasteiger partial charge in [-0.15, -0.1) is 0 Å². The zero-order valence-electron chi connectivity index (χ0n) is 49.7. The fourth-order valence-corrected chi connectivity index (χ4v) is 12.6. The molecule has 0 spiro atoms. The van der Waals surface area contributed by atoms with E-state index < -0.39 is 0 Å². The summed E-state index contributed by atoms with van der Waals surface area (Å²) in [5.41, 5.74) is 24.9. The lowest BCUT2D eigenvalue weighted by Crippen LogP contribution is -2.61. The SMILES string of the molecule is CCC(C)(C)c1ccc(N(c2ccc3c(c2)N(c2ccc(C(C)(C)CC)cc2)c2cc(C)cc4c2B3c2ccc(C(C)(C)CC)cc2N4c2ccc(C(C)(C)CC)cc2)c2ccc3c4ccccc4n(-c4ccccc4)c3c2)cc1. The lowest BCUT2D eigenvalue weighted by Gasteiger charge is -2.45. The van der Waals surface area contributed by atoms with Crippen molar-refractivity contribution in [2.24, 2.45) is 0 Å². The van der Waals surface area contributed by atoms with Gasteiger partial charge in [-0.2, -0.15) is 0 Å². The second-order valence-corrected chi connectivity index (χ2v) is 25.7. The Kier molecular flexibility index (Phi) is 13.1. The molecule has 0 bridgehead atoms. The molecule has 12 rings (SSSR count). The van der Waals surface area contributed by atoms with Crippen LogP contribution in [0.25, 0.3) is 27.5 Å². The van der Waals surface area contributed by atoms with E-state index in [0.29, 0.717) is 0 Å². The van der Waals surface area contributed by atoms with E-state index in [2.05, 4.69) is 303 Å². The molecule has 10 aromatic rings. The van der Waals surface area contributed by atoms with Crippen molar-refractivity contribution < 1.29 is 0 Å². The van der Waals surface area contributed by atoms with Crippen LogP contribution in [0.2, 0.25) is 0 Å². The van der Waals surface area contributed by atoms with Gasteiger partial charge in [-0.05, 0) is 196 Å². The third kappa shape index (κ3) is 8.75. The van der Waals surface area contributed by atoms with E-state index >= 15 is 0 Å². The average Bonchev–Trinajstić information content (AvgIpc) is 3.83. The van der Waals surface area contributed by atoms with Crippen molar-refractivity contribution in [3.05, 3.63) is 222 Å². The smallest absolute Gasteiger partial charge is 0.252 e. The number of anilines is 9. The predicted molar refractivity (Wildman–Crippen MR) is 347 cm³/mol. The van der Waals surface area contributed by atoms with Crippen LogP contribution in [0, 0.1) is 6.92 Å². The van der Waals surface area contributed by atoms with Crippen LogP contribution in [0.15, 0.2) is 194 Å². The van der Waals surface area contributed by atoms with Crippen LogP contribution in [0.1, 0.15) is 137 Å².